The molecule has 1 aliphatic heterocycles. The summed E-state index contributed by atoms with van der Waals surface area (Å²) in [7, 11) is 3.56. The molecular weight excluding hydrogens is 298 g/mol. The Kier molecular flexibility index (Phi) is 7.60. The third-order valence-electron chi connectivity index (χ3n) is 4.72. The maximum absolute atomic E-state index is 12.8. The number of imide groups is 1. The Balaban J connectivity index is 3.12. The second-order valence-electron chi connectivity index (χ2n) is 6.43. The molecule has 0 aromatic carbocycles. The zero-order valence-electron chi connectivity index (χ0n) is 14.7. The van der Waals surface area contributed by atoms with Gasteiger partial charge in [-0.15, -0.1) is 0 Å². The quantitative estimate of drug-likeness (QED) is 0.426. The molecule has 134 valence electrons. The molecule has 2 amide bonds. The van der Waals surface area contributed by atoms with Gasteiger partial charge in [-0.3, -0.25) is 24.7 Å². The third-order valence-corrected chi connectivity index (χ3v) is 4.72. The van der Waals surface area contributed by atoms with Gasteiger partial charge in [-0.05, 0) is 39.8 Å². The summed E-state index contributed by atoms with van der Waals surface area (Å²) in [4.78, 5) is 28.1. The van der Waals surface area contributed by atoms with Crippen molar-refractivity contribution in [2.45, 2.75) is 63.8 Å². The van der Waals surface area contributed by atoms with Crippen LogP contribution in [0.15, 0.2) is 0 Å². The molecule has 0 aromatic heterocycles. The Morgan fingerprint density at radius 3 is 2.00 bits per heavy atom. The van der Waals surface area contributed by atoms with Crippen LogP contribution in [0.25, 0.3) is 0 Å². The smallest absolute Gasteiger partial charge is 0.262 e. The molecule has 0 aromatic rings. The number of likely N-dealkylation sites (N-methyl/N-ethyl adjacent to an activating group) is 2. The van der Waals surface area contributed by atoms with Gasteiger partial charge in [-0.25, -0.2) is 0 Å². The van der Waals surface area contributed by atoms with Crippen LogP contribution < -0.4 is 5.32 Å². The lowest BCUT2D eigenvalue weighted by Crippen LogP contribution is -2.67. The zero-order valence-corrected chi connectivity index (χ0v) is 14.7. The molecule has 1 rings (SSSR count). The maximum Gasteiger partial charge on any atom is 0.262 e. The number of hydrogen-bond acceptors (Lipinski definition) is 6. The van der Waals surface area contributed by atoms with E-state index in [1.54, 1.807) is 23.9 Å². The van der Waals surface area contributed by atoms with Gasteiger partial charge in [0.25, 0.3) is 5.91 Å². The monoisotopic (exact) mass is 329 g/mol. The normalized spacial score (nSPS) is 25.4. The van der Waals surface area contributed by atoms with Gasteiger partial charge in [-0.1, -0.05) is 13.8 Å². The molecule has 7 heteroatoms. The van der Waals surface area contributed by atoms with Crippen molar-refractivity contribution < 1.29 is 19.8 Å². The topological polar surface area (TPSA) is 93.1 Å². The van der Waals surface area contributed by atoms with Crippen LogP contribution >= 0.6 is 0 Å². The summed E-state index contributed by atoms with van der Waals surface area (Å²) >= 11 is 0. The number of carbonyl (C=O) groups is 2. The number of nitrogens with one attached hydrogen (secondary N) is 1. The van der Waals surface area contributed by atoms with E-state index < -0.39 is 17.9 Å². The second kappa shape index (κ2) is 8.73. The summed E-state index contributed by atoms with van der Waals surface area (Å²) < 4.78 is 0. The number of nitrogens with zero attached hydrogens (tertiary/aromatic N) is 2. The average Bonchev–Trinajstić information content (AvgIpc) is 2.65. The van der Waals surface area contributed by atoms with Crippen LogP contribution in [0.4, 0.5) is 0 Å². The number of aliphatic hydroxyl groups excluding tert-OH is 2. The molecule has 1 aliphatic rings. The summed E-state index contributed by atoms with van der Waals surface area (Å²) in [5.74, 6) is -0.651. The molecule has 3 N–H and O–H groups in total. The molecule has 23 heavy (non-hydrogen) atoms. The van der Waals surface area contributed by atoms with Crippen LogP contribution in [-0.2, 0) is 9.59 Å². The van der Waals surface area contributed by atoms with Gasteiger partial charge in [0, 0.05) is 19.5 Å². The van der Waals surface area contributed by atoms with Crippen molar-refractivity contribution in [2.75, 3.05) is 27.2 Å². The van der Waals surface area contributed by atoms with E-state index >= 15 is 0 Å². The average molecular weight is 329 g/mol. The maximum atomic E-state index is 12.8. The van der Waals surface area contributed by atoms with E-state index in [1.165, 1.54) is 0 Å². The van der Waals surface area contributed by atoms with E-state index in [4.69, 9.17) is 0 Å². The Bertz CT molecular complexity index is 398. The molecule has 0 aliphatic carbocycles. The SMILES string of the molecule is CCC(O)CN(C)C1(N(C)CC(O)CC)CCCC(=O)NC1=O. The standard InChI is InChI=1S/C16H31N3O4/c1-5-12(20)10-18(3)16(19(4)11-13(21)6-2)9-7-8-14(22)17-15(16)23/h12-13,20-21H,5-11H2,1-4H3,(H,17,22,23). The minimum absolute atomic E-state index is 0.272. The van der Waals surface area contributed by atoms with Crippen molar-refractivity contribution in [1.29, 1.82) is 0 Å². The summed E-state index contributed by atoms with van der Waals surface area (Å²) in [5, 5.41) is 22.4. The molecule has 1 saturated heterocycles. The van der Waals surface area contributed by atoms with Gasteiger partial charge in [0.05, 0.1) is 12.2 Å². The third kappa shape index (κ3) is 4.73. The van der Waals surface area contributed by atoms with Gasteiger partial charge in [-0.2, -0.15) is 0 Å². The zero-order chi connectivity index (χ0) is 17.6. The molecular formula is C16H31N3O4. The minimum atomic E-state index is -1.04. The predicted molar refractivity (Wildman–Crippen MR) is 87.6 cm³/mol. The Morgan fingerprint density at radius 2 is 1.57 bits per heavy atom. The number of carbonyl (C=O) groups excluding carboxylic acids is 2. The highest BCUT2D eigenvalue weighted by atomic mass is 16.3. The molecule has 0 radical (unpaired) electrons. The Labute approximate surface area is 138 Å². The van der Waals surface area contributed by atoms with Gasteiger partial charge in [0.15, 0.2) is 5.66 Å². The summed E-state index contributed by atoms with van der Waals surface area (Å²) in [6, 6.07) is 0. The van der Waals surface area contributed by atoms with Crippen molar-refractivity contribution in [3.63, 3.8) is 0 Å². The van der Waals surface area contributed by atoms with Crippen LogP contribution in [0.2, 0.25) is 0 Å². The number of hydrogen-bond donors (Lipinski definition) is 3. The highest BCUT2D eigenvalue weighted by Crippen LogP contribution is 2.28. The second-order valence-corrected chi connectivity index (χ2v) is 6.43. The fourth-order valence-electron chi connectivity index (χ4n) is 3.11. The Morgan fingerprint density at radius 1 is 1.09 bits per heavy atom. The van der Waals surface area contributed by atoms with Gasteiger partial charge >= 0.3 is 0 Å². The molecule has 1 heterocycles. The molecule has 7 nitrogen and oxygen atoms in total. The molecule has 2 atom stereocenters. The van der Waals surface area contributed by atoms with Crippen LogP contribution in [0, 0.1) is 0 Å². The van der Waals surface area contributed by atoms with E-state index in [9.17, 15) is 19.8 Å². The first kappa shape index (κ1) is 20.0. The first-order chi connectivity index (χ1) is 10.8. The molecule has 1 fully saturated rings. The predicted octanol–water partition coefficient (Wildman–Crippen LogP) is -0.0852. The summed E-state index contributed by atoms with van der Waals surface area (Å²) in [6.45, 7) is 4.41. The lowest BCUT2D eigenvalue weighted by molar-refractivity contribution is -0.151. The summed E-state index contributed by atoms with van der Waals surface area (Å²) in [5.41, 5.74) is -1.04. The number of aliphatic hydroxyl groups is 2. The first-order valence-corrected chi connectivity index (χ1v) is 8.40. The van der Waals surface area contributed by atoms with E-state index in [1.807, 2.05) is 13.8 Å². The molecule has 0 bridgehead atoms. The van der Waals surface area contributed by atoms with Gasteiger partial charge in [0.1, 0.15) is 0 Å². The van der Waals surface area contributed by atoms with E-state index in [2.05, 4.69) is 5.32 Å². The number of amides is 2. The van der Waals surface area contributed by atoms with Crippen molar-refractivity contribution >= 4 is 11.8 Å². The highest BCUT2D eigenvalue weighted by Gasteiger charge is 2.48. The van der Waals surface area contributed by atoms with E-state index in [-0.39, 0.29) is 11.8 Å². The van der Waals surface area contributed by atoms with E-state index in [0.29, 0.717) is 45.2 Å². The van der Waals surface area contributed by atoms with Crippen LogP contribution in [0.5, 0.6) is 0 Å². The highest BCUT2D eigenvalue weighted by molar-refractivity contribution is 6.00. The Hall–Kier alpha value is -1.02. The van der Waals surface area contributed by atoms with Gasteiger partial charge in [0.2, 0.25) is 5.91 Å². The van der Waals surface area contributed by atoms with Crippen LogP contribution in [0.3, 0.4) is 0 Å². The van der Waals surface area contributed by atoms with Crippen LogP contribution in [0.1, 0.15) is 46.0 Å². The fourth-order valence-corrected chi connectivity index (χ4v) is 3.11. The van der Waals surface area contributed by atoms with Crippen molar-refractivity contribution in [3.05, 3.63) is 0 Å². The summed E-state index contributed by atoms with van der Waals surface area (Å²) in [6.07, 6.45) is 1.44. The number of rotatable bonds is 8. The molecule has 0 spiro atoms. The fraction of sp³-hybridized carbons (Fsp3) is 0.875. The lowest BCUT2D eigenvalue weighted by Gasteiger charge is -2.47. The van der Waals surface area contributed by atoms with Crippen molar-refractivity contribution in [2.24, 2.45) is 0 Å². The van der Waals surface area contributed by atoms with Crippen LogP contribution in [-0.4, -0.2) is 76.9 Å². The largest absolute Gasteiger partial charge is 0.392 e. The van der Waals surface area contributed by atoms with Gasteiger partial charge < -0.3 is 10.2 Å². The molecule has 2 unspecified atom stereocenters. The minimum Gasteiger partial charge on any atom is -0.392 e. The molecule has 0 saturated carbocycles. The van der Waals surface area contributed by atoms with E-state index in [0.717, 1.165) is 0 Å². The lowest BCUT2D eigenvalue weighted by atomic mass is 9.97. The van der Waals surface area contributed by atoms with Crippen molar-refractivity contribution in [1.82, 2.24) is 15.1 Å². The van der Waals surface area contributed by atoms with Crippen molar-refractivity contribution in [3.8, 4) is 0 Å². The first-order valence-electron chi connectivity index (χ1n) is 8.40.